The Balaban J connectivity index is 2.42. The average Bonchev–Trinajstić information content (AvgIpc) is 2.25. The Kier molecular flexibility index (Phi) is 6.03. The maximum absolute atomic E-state index is 8.74. The van der Waals surface area contributed by atoms with Gasteiger partial charge in [0.25, 0.3) is 0 Å². The molecule has 0 amide bonds. The predicted molar refractivity (Wildman–Crippen MR) is 71.5 cm³/mol. The summed E-state index contributed by atoms with van der Waals surface area (Å²) in [6.45, 7) is 5.39. The molecule has 0 saturated heterocycles. The van der Waals surface area contributed by atoms with Gasteiger partial charge < -0.3 is 10.4 Å². The van der Waals surface area contributed by atoms with Crippen LogP contribution in [0.1, 0.15) is 30.9 Å². The van der Waals surface area contributed by atoms with Crippen LogP contribution >= 0.6 is 15.9 Å². The number of benzene rings is 1. The van der Waals surface area contributed by atoms with Crippen molar-refractivity contribution in [2.75, 3.05) is 6.61 Å². The first-order chi connectivity index (χ1) is 7.63. The highest BCUT2D eigenvalue weighted by molar-refractivity contribution is 9.10. The van der Waals surface area contributed by atoms with Crippen molar-refractivity contribution in [2.45, 2.75) is 39.3 Å². The molecule has 16 heavy (non-hydrogen) atoms. The molecule has 0 spiro atoms. The number of aryl methyl sites for hydroxylation is 1. The van der Waals surface area contributed by atoms with E-state index in [1.807, 2.05) is 0 Å². The minimum Gasteiger partial charge on any atom is -0.396 e. The third kappa shape index (κ3) is 4.64. The zero-order chi connectivity index (χ0) is 12.0. The monoisotopic (exact) mass is 285 g/mol. The van der Waals surface area contributed by atoms with E-state index in [9.17, 15) is 0 Å². The lowest BCUT2D eigenvalue weighted by atomic mass is 10.1. The van der Waals surface area contributed by atoms with Crippen LogP contribution in [0.15, 0.2) is 22.7 Å². The van der Waals surface area contributed by atoms with Crippen molar-refractivity contribution >= 4 is 15.9 Å². The molecule has 3 heteroatoms. The normalized spacial score (nSPS) is 12.8. The summed E-state index contributed by atoms with van der Waals surface area (Å²) in [4.78, 5) is 0. The molecule has 1 rings (SSSR count). The van der Waals surface area contributed by atoms with Crippen LogP contribution in [-0.4, -0.2) is 17.8 Å². The van der Waals surface area contributed by atoms with Gasteiger partial charge in [-0.3, -0.25) is 0 Å². The van der Waals surface area contributed by atoms with E-state index in [-0.39, 0.29) is 6.61 Å². The summed E-state index contributed by atoms with van der Waals surface area (Å²) in [7, 11) is 0. The summed E-state index contributed by atoms with van der Waals surface area (Å²) in [6.07, 6.45) is 1.88. The highest BCUT2D eigenvalue weighted by atomic mass is 79.9. The van der Waals surface area contributed by atoms with Gasteiger partial charge in [0.1, 0.15) is 0 Å². The molecule has 0 fully saturated rings. The van der Waals surface area contributed by atoms with Gasteiger partial charge in [-0.1, -0.05) is 28.1 Å². The maximum atomic E-state index is 8.74. The van der Waals surface area contributed by atoms with E-state index in [2.05, 4.69) is 53.3 Å². The van der Waals surface area contributed by atoms with Crippen LogP contribution in [0.25, 0.3) is 0 Å². The van der Waals surface area contributed by atoms with Crippen molar-refractivity contribution in [1.29, 1.82) is 0 Å². The standard InChI is InChI=1S/C13H20BrNO/c1-10-5-6-12(13(14)8-10)9-15-11(2)4-3-7-16/h5-6,8,11,15-16H,3-4,7,9H2,1-2H3. The first-order valence-electron chi connectivity index (χ1n) is 5.72. The number of nitrogens with one attached hydrogen (secondary N) is 1. The third-order valence-corrected chi connectivity index (χ3v) is 3.38. The van der Waals surface area contributed by atoms with E-state index in [4.69, 9.17) is 5.11 Å². The fourth-order valence-electron chi connectivity index (χ4n) is 1.58. The van der Waals surface area contributed by atoms with Crippen LogP contribution in [-0.2, 0) is 6.54 Å². The number of aliphatic hydroxyl groups excluding tert-OH is 1. The van der Waals surface area contributed by atoms with Crippen molar-refractivity contribution in [3.8, 4) is 0 Å². The summed E-state index contributed by atoms with van der Waals surface area (Å²) in [5.74, 6) is 0. The number of hydrogen-bond donors (Lipinski definition) is 2. The molecule has 0 aliphatic rings. The Morgan fingerprint density at radius 2 is 2.19 bits per heavy atom. The molecule has 2 N–H and O–H groups in total. The van der Waals surface area contributed by atoms with Gasteiger partial charge >= 0.3 is 0 Å². The van der Waals surface area contributed by atoms with Crippen LogP contribution in [0.5, 0.6) is 0 Å². The van der Waals surface area contributed by atoms with Crippen LogP contribution in [0.2, 0.25) is 0 Å². The average molecular weight is 286 g/mol. The Morgan fingerprint density at radius 3 is 2.81 bits per heavy atom. The van der Waals surface area contributed by atoms with Crippen LogP contribution in [0.4, 0.5) is 0 Å². The summed E-state index contributed by atoms with van der Waals surface area (Å²) in [5.41, 5.74) is 2.55. The topological polar surface area (TPSA) is 32.3 Å². The van der Waals surface area contributed by atoms with Crippen LogP contribution in [0, 0.1) is 6.92 Å². The van der Waals surface area contributed by atoms with Gasteiger partial charge in [0.15, 0.2) is 0 Å². The molecule has 0 aliphatic carbocycles. The third-order valence-electron chi connectivity index (χ3n) is 2.64. The molecule has 1 atom stereocenters. The maximum Gasteiger partial charge on any atom is 0.0431 e. The first kappa shape index (κ1) is 13.7. The van der Waals surface area contributed by atoms with Crippen molar-refractivity contribution < 1.29 is 5.11 Å². The zero-order valence-electron chi connectivity index (χ0n) is 9.96. The van der Waals surface area contributed by atoms with Crippen LogP contribution < -0.4 is 5.32 Å². The number of hydrogen-bond acceptors (Lipinski definition) is 2. The summed E-state index contributed by atoms with van der Waals surface area (Å²) < 4.78 is 1.16. The Bertz CT molecular complexity index is 328. The number of rotatable bonds is 6. The van der Waals surface area contributed by atoms with Crippen LogP contribution in [0.3, 0.4) is 0 Å². The lowest BCUT2D eigenvalue weighted by molar-refractivity contribution is 0.276. The SMILES string of the molecule is Cc1ccc(CNC(C)CCCO)c(Br)c1. The highest BCUT2D eigenvalue weighted by Crippen LogP contribution is 2.18. The molecule has 1 aromatic rings. The highest BCUT2D eigenvalue weighted by Gasteiger charge is 2.03. The van der Waals surface area contributed by atoms with Gasteiger partial charge in [-0.05, 0) is 43.9 Å². The first-order valence-corrected chi connectivity index (χ1v) is 6.52. The van der Waals surface area contributed by atoms with Gasteiger partial charge in [0.05, 0.1) is 0 Å². The molecule has 1 unspecified atom stereocenters. The van der Waals surface area contributed by atoms with E-state index in [0.29, 0.717) is 6.04 Å². The lowest BCUT2D eigenvalue weighted by Crippen LogP contribution is -2.25. The minimum atomic E-state index is 0.278. The van der Waals surface area contributed by atoms with Crippen molar-refractivity contribution in [3.05, 3.63) is 33.8 Å². The summed E-state index contributed by atoms with van der Waals surface area (Å²) in [6, 6.07) is 6.85. The van der Waals surface area contributed by atoms with E-state index in [0.717, 1.165) is 23.9 Å². The zero-order valence-corrected chi connectivity index (χ0v) is 11.5. The molecule has 2 nitrogen and oxygen atoms in total. The second-order valence-electron chi connectivity index (χ2n) is 4.24. The predicted octanol–water partition coefficient (Wildman–Crippen LogP) is 3.01. The number of aliphatic hydroxyl groups is 1. The Labute approximate surface area is 106 Å². The fourth-order valence-corrected chi connectivity index (χ4v) is 2.21. The van der Waals surface area contributed by atoms with Gasteiger partial charge in [-0.15, -0.1) is 0 Å². The molecule has 90 valence electrons. The number of halogens is 1. The van der Waals surface area contributed by atoms with Gasteiger partial charge in [-0.25, -0.2) is 0 Å². The van der Waals surface area contributed by atoms with E-state index >= 15 is 0 Å². The molecular formula is C13H20BrNO. The smallest absolute Gasteiger partial charge is 0.0431 e. The van der Waals surface area contributed by atoms with E-state index < -0.39 is 0 Å². The van der Waals surface area contributed by atoms with Crippen molar-refractivity contribution in [2.24, 2.45) is 0 Å². The molecule has 0 radical (unpaired) electrons. The summed E-state index contributed by atoms with van der Waals surface area (Å²) >= 11 is 3.57. The fraction of sp³-hybridized carbons (Fsp3) is 0.538. The molecule has 0 bridgehead atoms. The van der Waals surface area contributed by atoms with Gasteiger partial charge in [0, 0.05) is 23.7 Å². The Hall–Kier alpha value is -0.380. The van der Waals surface area contributed by atoms with Gasteiger partial charge in [-0.2, -0.15) is 0 Å². The van der Waals surface area contributed by atoms with Crippen molar-refractivity contribution in [1.82, 2.24) is 5.32 Å². The molecule has 0 heterocycles. The minimum absolute atomic E-state index is 0.278. The Morgan fingerprint density at radius 1 is 1.44 bits per heavy atom. The largest absolute Gasteiger partial charge is 0.396 e. The molecule has 1 aromatic carbocycles. The van der Waals surface area contributed by atoms with E-state index in [1.165, 1.54) is 11.1 Å². The quantitative estimate of drug-likeness (QED) is 0.842. The lowest BCUT2D eigenvalue weighted by Gasteiger charge is -2.14. The second-order valence-corrected chi connectivity index (χ2v) is 5.10. The van der Waals surface area contributed by atoms with E-state index in [1.54, 1.807) is 0 Å². The molecular weight excluding hydrogens is 266 g/mol. The molecule has 0 saturated carbocycles. The van der Waals surface area contributed by atoms with Crippen molar-refractivity contribution in [3.63, 3.8) is 0 Å². The molecule has 0 aromatic heterocycles. The molecule has 0 aliphatic heterocycles. The van der Waals surface area contributed by atoms with Gasteiger partial charge in [0.2, 0.25) is 0 Å². The second kappa shape index (κ2) is 7.05. The summed E-state index contributed by atoms with van der Waals surface area (Å²) in [5, 5.41) is 12.2.